The van der Waals surface area contributed by atoms with Gasteiger partial charge in [-0.3, -0.25) is 19.3 Å². The Morgan fingerprint density at radius 1 is 1.20 bits per heavy atom. The van der Waals surface area contributed by atoms with Gasteiger partial charge in [0.05, 0.1) is 12.0 Å². The minimum atomic E-state index is -1.31. The lowest BCUT2D eigenvalue weighted by molar-refractivity contribution is -0.127. The average molecular weight is 428 g/mol. The fourth-order valence-corrected chi connectivity index (χ4v) is 3.49. The fraction of sp³-hybridized carbons (Fsp3) is 0.100. The van der Waals surface area contributed by atoms with E-state index >= 15 is 0 Å². The van der Waals surface area contributed by atoms with Gasteiger partial charge >= 0.3 is 5.97 Å². The number of carboxylic acid groups (broad SMARTS) is 1. The molecular formula is C20H16N2O7S. The number of carbonyl (C=O) groups is 4. The molecule has 30 heavy (non-hydrogen) atoms. The van der Waals surface area contributed by atoms with E-state index < -0.39 is 35.3 Å². The van der Waals surface area contributed by atoms with Crippen molar-refractivity contribution in [2.45, 2.75) is 0 Å². The van der Waals surface area contributed by atoms with E-state index in [0.717, 1.165) is 28.8 Å². The number of methoxy groups -OCH3 is 1. The number of benzene rings is 2. The van der Waals surface area contributed by atoms with E-state index in [1.54, 1.807) is 24.3 Å². The first-order chi connectivity index (χ1) is 14.3. The Kier molecular flexibility index (Phi) is 6.07. The monoisotopic (exact) mass is 428 g/mol. The lowest BCUT2D eigenvalue weighted by Gasteiger charge is -2.13. The Balaban J connectivity index is 1.69. The average Bonchev–Trinajstić information content (AvgIpc) is 2.95. The summed E-state index contributed by atoms with van der Waals surface area (Å²) < 4.78 is 5.12. The summed E-state index contributed by atoms with van der Waals surface area (Å²) in [6.07, 6.45) is 1.54. The van der Waals surface area contributed by atoms with Crippen molar-refractivity contribution in [1.29, 1.82) is 0 Å². The smallest absolute Gasteiger partial charge is 0.339 e. The quantitative estimate of drug-likeness (QED) is 0.598. The van der Waals surface area contributed by atoms with E-state index in [9.17, 15) is 24.3 Å². The number of amides is 3. The van der Waals surface area contributed by atoms with Gasteiger partial charge in [0.2, 0.25) is 5.91 Å². The molecule has 1 saturated heterocycles. The highest BCUT2D eigenvalue weighted by atomic mass is 32.2. The molecule has 1 heterocycles. The summed E-state index contributed by atoms with van der Waals surface area (Å²) in [6, 6.07) is 10.4. The van der Waals surface area contributed by atoms with Gasteiger partial charge in [0.15, 0.2) is 0 Å². The first-order valence-electron chi connectivity index (χ1n) is 8.54. The van der Waals surface area contributed by atoms with Gasteiger partial charge in [-0.15, -0.1) is 0 Å². The third-order valence-corrected chi connectivity index (χ3v) is 4.99. The summed E-state index contributed by atoms with van der Waals surface area (Å²) >= 11 is 0.718. The number of ether oxygens (including phenoxy) is 1. The Hall–Kier alpha value is -3.79. The van der Waals surface area contributed by atoms with Crippen molar-refractivity contribution in [3.63, 3.8) is 0 Å². The zero-order valence-corrected chi connectivity index (χ0v) is 16.4. The number of carboxylic acids is 1. The van der Waals surface area contributed by atoms with Gasteiger partial charge in [-0.2, -0.15) is 0 Å². The normalized spacial score (nSPS) is 14.8. The molecule has 9 nitrogen and oxygen atoms in total. The molecule has 2 aromatic carbocycles. The molecule has 0 aromatic heterocycles. The van der Waals surface area contributed by atoms with Crippen LogP contribution in [0.1, 0.15) is 15.9 Å². The van der Waals surface area contributed by atoms with Crippen LogP contribution in [0.25, 0.3) is 6.08 Å². The van der Waals surface area contributed by atoms with Gasteiger partial charge in [0, 0.05) is 11.8 Å². The Labute approximate surface area is 174 Å². The Bertz CT molecular complexity index is 1080. The van der Waals surface area contributed by atoms with Crippen molar-refractivity contribution in [2.24, 2.45) is 0 Å². The lowest BCUT2D eigenvalue weighted by atomic mass is 10.2. The third-order valence-electron chi connectivity index (χ3n) is 4.08. The zero-order chi connectivity index (χ0) is 21.8. The molecule has 3 rings (SSSR count). The number of nitrogens with one attached hydrogen (secondary N) is 1. The van der Waals surface area contributed by atoms with Crippen molar-refractivity contribution in [1.82, 2.24) is 4.90 Å². The first-order valence-corrected chi connectivity index (χ1v) is 9.35. The molecule has 0 atom stereocenters. The third kappa shape index (κ3) is 4.61. The van der Waals surface area contributed by atoms with E-state index in [-0.39, 0.29) is 16.2 Å². The SMILES string of the molecule is COc1cccc(/C=C2\SC(=O)N(CC(=O)Nc3ccc(C(=O)O)c(O)c3)C2=O)c1. The number of phenols is 1. The summed E-state index contributed by atoms with van der Waals surface area (Å²) in [5, 5.41) is 20.4. The highest BCUT2D eigenvalue weighted by Crippen LogP contribution is 2.32. The number of imide groups is 1. The molecule has 1 fully saturated rings. The number of nitrogens with zero attached hydrogens (tertiary/aromatic N) is 1. The maximum Gasteiger partial charge on any atom is 0.339 e. The molecule has 10 heteroatoms. The molecule has 0 unspecified atom stereocenters. The number of carbonyl (C=O) groups excluding carboxylic acids is 3. The Morgan fingerprint density at radius 3 is 2.63 bits per heavy atom. The largest absolute Gasteiger partial charge is 0.507 e. The number of aromatic carboxylic acids is 1. The summed E-state index contributed by atoms with van der Waals surface area (Å²) in [6.45, 7) is -0.526. The molecule has 2 aromatic rings. The van der Waals surface area contributed by atoms with Gasteiger partial charge in [0.25, 0.3) is 11.1 Å². The number of thioether (sulfide) groups is 1. The van der Waals surface area contributed by atoms with E-state index in [1.165, 1.54) is 19.3 Å². The summed E-state index contributed by atoms with van der Waals surface area (Å²) in [5.74, 6) is -2.52. The number of hydrogen-bond acceptors (Lipinski definition) is 7. The van der Waals surface area contributed by atoms with Crippen LogP contribution in [-0.4, -0.2) is 51.8 Å². The van der Waals surface area contributed by atoms with Crippen LogP contribution in [0.4, 0.5) is 10.5 Å². The van der Waals surface area contributed by atoms with Crippen LogP contribution in [-0.2, 0) is 9.59 Å². The van der Waals surface area contributed by atoms with Crippen LogP contribution in [0.15, 0.2) is 47.4 Å². The van der Waals surface area contributed by atoms with Crippen LogP contribution in [0.3, 0.4) is 0 Å². The van der Waals surface area contributed by atoms with E-state index in [2.05, 4.69) is 5.32 Å². The molecular weight excluding hydrogens is 412 g/mol. The standard InChI is InChI=1S/C20H16N2O7S/c1-29-13-4-2-3-11(7-13)8-16-18(25)22(20(28)30-16)10-17(24)21-12-5-6-14(19(26)27)15(23)9-12/h2-9,23H,10H2,1H3,(H,21,24)(H,26,27)/b16-8-. The second kappa shape index (κ2) is 8.70. The highest BCUT2D eigenvalue weighted by molar-refractivity contribution is 8.18. The molecule has 154 valence electrons. The maximum atomic E-state index is 12.5. The summed E-state index contributed by atoms with van der Waals surface area (Å²) in [5.41, 5.74) is 0.473. The zero-order valence-electron chi connectivity index (χ0n) is 15.6. The number of aromatic hydroxyl groups is 1. The van der Waals surface area contributed by atoms with Crippen molar-refractivity contribution >= 4 is 46.5 Å². The van der Waals surface area contributed by atoms with Crippen molar-refractivity contribution < 1.29 is 34.1 Å². The van der Waals surface area contributed by atoms with Crippen LogP contribution >= 0.6 is 11.8 Å². The van der Waals surface area contributed by atoms with E-state index in [4.69, 9.17) is 9.84 Å². The van der Waals surface area contributed by atoms with Gasteiger partial charge in [-0.25, -0.2) is 4.79 Å². The van der Waals surface area contributed by atoms with Crippen LogP contribution < -0.4 is 10.1 Å². The molecule has 0 aliphatic carbocycles. The molecule has 0 saturated carbocycles. The summed E-state index contributed by atoms with van der Waals surface area (Å²) in [7, 11) is 1.51. The molecule has 1 aliphatic rings. The highest BCUT2D eigenvalue weighted by Gasteiger charge is 2.36. The van der Waals surface area contributed by atoms with Crippen molar-refractivity contribution in [3.8, 4) is 11.5 Å². The number of hydrogen-bond donors (Lipinski definition) is 3. The van der Waals surface area contributed by atoms with Crippen LogP contribution in [0.2, 0.25) is 0 Å². The molecule has 0 spiro atoms. The minimum Gasteiger partial charge on any atom is -0.507 e. The van der Waals surface area contributed by atoms with Crippen molar-refractivity contribution in [2.75, 3.05) is 19.0 Å². The molecule has 3 amide bonds. The van der Waals surface area contributed by atoms with Gasteiger partial charge in [-0.1, -0.05) is 12.1 Å². The summed E-state index contributed by atoms with van der Waals surface area (Å²) in [4.78, 5) is 48.8. The van der Waals surface area contributed by atoms with Gasteiger partial charge in [0.1, 0.15) is 23.6 Å². The lowest BCUT2D eigenvalue weighted by Crippen LogP contribution is -2.36. The van der Waals surface area contributed by atoms with Crippen molar-refractivity contribution in [3.05, 3.63) is 58.5 Å². The topological polar surface area (TPSA) is 133 Å². The van der Waals surface area contributed by atoms with E-state index in [0.29, 0.717) is 11.3 Å². The fourth-order valence-electron chi connectivity index (χ4n) is 2.65. The number of rotatable bonds is 6. The van der Waals surface area contributed by atoms with Crippen LogP contribution in [0, 0.1) is 0 Å². The minimum absolute atomic E-state index is 0.126. The van der Waals surface area contributed by atoms with Gasteiger partial charge in [-0.05, 0) is 47.7 Å². The van der Waals surface area contributed by atoms with E-state index in [1.807, 2.05) is 0 Å². The molecule has 0 radical (unpaired) electrons. The molecule has 1 aliphatic heterocycles. The number of anilines is 1. The maximum absolute atomic E-state index is 12.5. The first kappa shape index (κ1) is 20.9. The van der Waals surface area contributed by atoms with Crippen LogP contribution in [0.5, 0.6) is 11.5 Å². The molecule has 0 bridgehead atoms. The molecule has 3 N–H and O–H groups in total. The van der Waals surface area contributed by atoms with Gasteiger partial charge < -0.3 is 20.3 Å². The predicted molar refractivity (Wildman–Crippen MR) is 109 cm³/mol. The predicted octanol–water partition coefficient (Wildman–Crippen LogP) is 2.77. The second-order valence-corrected chi connectivity index (χ2v) is 7.12. The second-order valence-electron chi connectivity index (χ2n) is 6.13. The Morgan fingerprint density at radius 2 is 1.97 bits per heavy atom.